The normalized spacial score (nSPS) is 16.5. The molecule has 0 amide bonds. The van der Waals surface area contributed by atoms with Gasteiger partial charge in [0.1, 0.15) is 0 Å². The Morgan fingerprint density at radius 3 is 1.50 bits per heavy atom. The molecule has 44 heavy (non-hydrogen) atoms. The van der Waals surface area contributed by atoms with Crippen LogP contribution in [0.1, 0.15) is 73.6 Å². The van der Waals surface area contributed by atoms with E-state index in [0.717, 1.165) is 23.0 Å². The molecule has 0 radical (unpaired) electrons. The van der Waals surface area contributed by atoms with Crippen molar-refractivity contribution in [3.05, 3.63) is 116 Å². The van der Waals surface area contributed by atoms with Gasteiger partial charge in [-0.1, -0.05) is 33.1 Å². The Bertz CT molecular complexity index is 1690. The van der Waals surface area contributed by atoms with Crippen molar-refractivity contribution in [1.82, 2.24) is 0 Å². The molecule has 2 aliphatic rings. The van der Waals surface area contributed by atoms with Gasteiger partial charge in [0.2, 0.25) is 0 Å². The van der Waals surface area contributed by atoms with Gasteiger partial charge in [-0.3, -0.25) is 6.08 Å². The van der Waals surface area contributed by atoms with Gasteiger partial charge in [0.15, 0.2) is 0 Å². The van der Waals surface area contributed by atoms with Gasteiger partial charge in [-0.25, -0.2) is 5.57 Å². The quantitative estimate of drug-likeness (QED) is 0.197. The van der Waals surface area contributed by atoms with Crippen molar-refractivity contribution < 1.29 is 11.9 Å². The first kappa shape index (κ1) is 34.3. The topological polar surface area (TPSA) is 6.48 Å². The van der Waals surface area contributed by atoms with E-state index in [2.05, 4.69) is 121 Å². The van der Waals surface area contributed by atoms with Gasteiger partial charge in [-0.15, -0.1) is 6.92 Å². The summed E-state index contributed by atoms with van der Waals surface area (Å²) in [4.78, 5) is 4.72. The van der Waals surface area contributed by atoms with E-state index in [9.17, 15) is 0 Å². The van der Waals surface area contributed by atoms with E-state index < -0.39 is 11.9 Å². The van der Waals surface area contributed by atoms with Crippen LogP contribution < -0.4 is 9.80 Å². The molecule has 1 saturated heterocycles. The molecule has 0 spiro atoms. The number of halogens is 2. The first-order chi connectivity index (χ1) is 20.5. The molecule has 0 N–H and O–H groups in total. The molecule has 5 heteroatoms. The molecule has 1 aliphatic carbocycles. The third kappa shape index (κ3) is 7.29. The van der Waals surface area contributed by atoms with Crippen LogP contribution in [-0.2, 0) is 11.9 Å². The average Bonchev–Trinajstić information content (AvgIpc) is 3.42. The summed E-state index contributed by atoms with van der Waals surface area (Å²) in [7, 11) is 14.7. The third-order valence-corrected chi connectivity index (χ3v) is 13.8. The van der Waals surface area contributed by atoms with Crippen molar-refractivity contribution in [2.75, 3.05) is 22.9 Å². The molecule has 3 aromatic rings. The number of hydrogen-bond donors (Lipinski definition) is 0. The van der Waals surface area contributed by atoms with E-state index in [-0.39, 0.29) is 5.41 Å². The van der Waals surface area contributed by atoms with Crippen LogP contribution in [0.5, 0.6) is 0 Å². The summed E-state index contributed by atoms with van der Waals surface area (Å²) in [5.41, 5.74) is 15.4. The fourth-order valence-electron chi connectivity index (χ4n) is 6.49. The Morgan fingerprint density at radius 2 is 1.16 bits per heavy atom. The molecule has 236 valence electrons. The number of rotatable bonds is 3. The molecular weight excluding hydrogens is 668 g/mol. The first-order valence-corrected chi connectivity index (χ1v) is 21.4. The van der Waals surface area contributed by atoms with Crippen LogP contribution in [0.15, 0.2) is 71.3 Å². The zero-order valence-corrected chi connectivity index (χ0v) is 31.4. The van der Waals surface area contributed by atoms with Gasteiger partial charge in [0.05, 0.1) is 0 Å². The van der Waals surface area contributed by atoms with Gasteiger partial charge in [-0.05, 0) is 0 Å². The van der Waals surface area contributed by atoms with E-state index in [1.807, 2.05) is 36.4 Å². The minimum atomic E-state index is -3.56. The molecule has 1 fully saturated rings. The fraction of sp³-hybridized carbons (Fsp3) is 0.359. The monoisotopic (exact) mass is 715 g/mol. The third-order valence-electron chi connectivity index (χ3n) is 8.70. The molecule has 1 heterocycles. The van der Waals surface area contributed by atoms with Gasteiger partial charge >= 0.3 is 215 Å². The van der Waals surface area contributed by atoms with Gasteiger partial charge < -0.3 is 0 Å². The number of allylic oxidation sites excluding steroid dienone is 4. The molecular formula is C39H47Cl2N2Ru-. The van der Waals surface area contributed by atoms with Crippen molar-refractivity contribution in [1.29, 1.82) is 0 Å². The first-order valence-electron chi connectivity index (χ1n) is 15.2. The van der Waals surface area contributed by atoms with Crippen LogP contribution in [0.4, 0.5) is 11.4 Å². The summed E-state index contributed by atoms with van der Waals surface area (Å²) in [5.74, 6) is 0. The van der Waals surface area contributed by atoms with Crippen molar-refractivity contribution in [2.24, 2.45) is 5.41 Å². The fourth-order valence-corrected chi connectivity index (χ4v) is 11.4. The van der Waals surface area contributed by atoms with Gasteiger partial charge in [0.25, 0.3) is 0 Å². The van der Waals surface area contributed by atoms with Crippen LogP contribution in [0.25, 0.3) is 6.08 Å². The summed E-state index contributed by atoms with van der Waals surface area (Å²) in [6, 6.07) is 19.1. The molecule has 1 aliphatic heterocycles. The predicted molar refractivity (Wildman–Crippen MR) is 193 cm³/mol. The molecule has 0 atom stereocenters. The van der Waals surface area contributed by atoms with E-state index >= 15 is 0 Å². The maximum atomic E-state index is 7.33. The van der Waals surface area contributed by atoms with Crippen LogP contribution in [0, 0.1) is 53.0 Å². The molecule has 0 saturated carbocycles. The van der Waals surface area contributed by atoms with Crippen molar-refractivity contribution in [2.45, 2.75) is 76.2 Å². The van der Waals surface area contributed by atoms with Gasteiger partial charge in [-0.2, -0.15) is 11.1 Å². The van der Waals surface area contributed by atoms with E-state index in [0.29, 0.717) is 0 Å². The second kappa shape index (κ2) is 13.4. The van der Waals surface area contributed by atoms with E-state index in [1.165, 1.54) is 61.5 Å². The Hall–Kier alpha value is -2.54. The molecule has 2 nitrogen and oxygen atoms in total. The summed E-state index contributed by atoms with van der Waals surface area (Å²) in [6.45, 7) is 25.6. The number of aryl methyl sites for hydroxylation is 6. The van der Waals surface area contributed by atoms with Crippen molar-refractivity contribution in [3.8, 4) is 0 Å². The zero-order chi connectivity index (χ0) is 32.6. The maximum absolute atomic E-state index is 7.33. The molecule has 5 rings (SSSR count). The van der Waals surface area contributed by atoms with Crippen molar-refractivity contribution in [3.63, 3.8) is 0 Å². The van der Waals surface area contributed by atoms with E-state index in [1.54, 1.807) is 0 Å². The average molecular weight is 716 g/mol. The Kier molecular flexibility index (Phi) is 10.5. The van der Waals surface area contributed by atoms with E-state index in [4.69, 9.17) is 19.4 Å². The zero-order valence-electron chi connectivity index (χ0n) is 28.2. The number of nitrogens with zero attached hydrogens (tertiary/aromatic N) is 2. The van der Waals surface area contributed by atoms with Crippen LogP contribution in [-0.4, -0.2) is 21.7 Å². The predicted octanol–water partition coefficient (Wildman–Crippen LogP) is 10.6. The number of hydrogen-bond acceptors (Lipinski definition) is 2. The molecule has 0 bridgehead atoms. The summed E-state index contributed by atoms with van der Waals surface area (Å²) in [6.07, 6.45) is 5.39. The number of anilines is 2. The summed E-state index contributed by atoms with van der Waals surface area (Å²) in [5, 5.41) is 0. The molecule has 0 aromatic heterocycles. The second-order valence-corrected chi connectivity index (χ2v) is 21.6. The van der Waals surface area contributed by atoms with Crippen LogP contribution in [0.3, 0.4) is 0 Å². The molecule has 3 aromatic carbocycles. The summed E-state index contributed by atoms with van der Waals surface area (Å²) < 4.78 is 4.47. The van der Waals surface area contributed by atoms with Crippen molar-refractivity contribution >= 4 is 45.5 Å². The molecule has 0 unspecified atom stereocenters. The van der Waals surface area contributed by atoms with Gasteiger partial charge in [0, 0.05) is 0 Å². The Balaban J connectivity index is 0.000000375. The standard InChI is InChI=1S/C21H26N2.C10H15.C8H6.2ClH.Ru/c1-14-9-16(3)20(17(4)10-14)22-7-8-23(13-22)21-18(5)11-15(2)12-19(21)6;1-7-6-10(4,5)9(3)8(7)2;1-2-8-6-4-3-5-7-8;;;/h9-12H,7-8H2,1-6H3;1-5H3;2-7H;2*1H;/q;-1;;;;+2/p-2. The Labute approximate surface area is 276 Å². The second-order valence-electron chi connectivity index (χ2n) is 12.7. The summed E-state index contributed by atoms with van der Waals surface area (Å²) >= 11 is -3.56. The Morgan fingerprint density at radius 1 is 0.727 bits per heavy atom. The number of benzene rings is 3. The van der Waals surface area contributed by atoms with Crippen LogP contribution in [0.2, 0.25) is 0 Å². The minimum absolute atomic E-state index is 0.189. The van der Waals surface area contributed by atoms with Crippen LogP contribution >= 0.6 is 19.4 Å². The SMILES string of the molecule is CC1=[C-]C(C)(C)C(C)=C1C.Cc1cc(C)c(N2CCN(c3c(C)cc(C)cc3C)[C]2=[Ru]([Cl])([Cl])=[C]=Cc2ccccc2)c(C)c1.